The number of hydrogen-bond donors (Lipinski definition) is 1. The Balaban J connectivity index is 2.18. The van der Waals surface area contributed by atoms with E-state index in [1.165, 1.54) is 0 Å². The van der Waals surface area contributed by atoms with Crippen LogP contribution in [-0.4, -0.2) is 37.6 Å². The van der Waals surface area contributed by atoms with Crippen LogP contribution in [0.2, 0.25) is 0 Å². The van der Waals surface area contributed by atoms with Crippen molar-refractivity contribution in [2.45, 2.75) is 32.4 Å². The first-order chi connectivity index (χ1) is 9.02. The van der Waals surface area contributed by atoms with Crippen LogP contribution >= 0.6 is 0 Å². The lowest BCUT2D eigenvalue weighted by molar-refractivity contribution is 0.213. The van der Waals surface area contributed by atoms with Crippen molar-refractivity contribution in [1.82, 2.24) is 4.90 Å². The highest BCUT2D eigenvalue weighted by molar-refractivity contribution is 5.50. The number of anilines is 1. The molecule has 1 heterocycles. The maximum Gasteiger partial charge on any atom is 0.146 e. The van der Waals surface area contributed by atoms with Gasteiger partial charge in [-0.05, 0) is 38.1 Å². The van der Waals surface area contributed by atoms with Gasteiger partial charge in [0.15, 0.2) is 0 Å². The van der Waals surface area contributed by atoms with Crippen LogP contribution in [0.25, 0.3) is 0 Å². The SMILES string of the molecule is CCC1CN(c2ccc(C(C)N)cc2F)CCN1C. The molecule has 2 N–H and O–H groups in total. The maximum absolute atomic E-state index is 14.2. The van der Waals surface area contributed by atoms with Gasteiger partial charge in [-0.3, -0.25) is 4.90 Å². The van der Waals surface area contributed by atoms with Crippen LogP contribution in [0.5, 0.6) is 0 Å². The van der Waals surface area contributed by atoms with Crippen molar-refractivity contribution in [1.29, 1.82) is 0 Å². The molecule has 3 nitrogen and oxygen atoms in total. The fourth-order valence-corrected chi connectivity index (χ4v) is 2.67. The monoisotopic (exact) mass is 265 g/mol. The summed E-state index contributed by atoms with van der Waals surface area (Å²) in [6.07, 6.45) is 1.09. The van der Waals surface area contributed by atoms with Gasteiger partial charge in [-0.25, -0.2) is 4.39 Å². The molecule has 2 atom stereocenters. The third-order valence-corrected chi connectivity index (χ3v) is 4.09. The Morgan fingerprint density at radius 1 is 1.42 bits per heavy atom. The van der Waals surface area contributed by atoms with Crippen LogP contribution in [0.3, 0.4) is 0 Å². The minimum absolute atomic E-state index is 0.126. The Morgan fingerprint density at radius 2 is 2.16 bits per heavy atom. The highest BCUT2D eigenvalue weighted by atomic mass is 19.1. The van der Waals surface area contributed by atoms with Crippen molar-refractivity contribution in [3.05, 3.63) is 29.6 Å². The molecular weight excluding hydrogens is 241 g/mol. The van der Waals surface area contributed by atoms with Gasteiger partial charge in [0.2, 0.25) is 0 Å². The predicted molar refractivity (Wildman–Crippen MR) is 77.9 cm³/mol. The Bertz CT molecular complexity index is 433. The van der Waals surface area contributed by atoms with Gasteiger partial charge >= 0.3 is 0 Å². The van der Waals surface area contributed by atoms with Gasteiger partial charge in [0.05, 0.1) is 5.69 Å². The summed E-state index contributed by atoms with van der Waals surface area (Å²) in [4.78, 5) is 4.50. The first-order valence-electron chi connectivity index (χ1n) is 7.03. The van der Waals surface area contributed by atoms with Crippen molar-refractivity contribution >= 4 is 5.69 Å². The molecule has 0 aliphatic carbocycles. The molecule has 2 rings (SSSR count). The van der Waals surface area contributed by atoms with E-state index in [0.717, 1.165) is 31.6 Å². The van der Waals surface area contributed by atoms with E-state index in [1.807, 2.05) is 19.1 Å². The van der Waals surface area contributed by atoms with Crippen molar-refractivity contribution in [3.63, 3.8) is 0 Å². The predicted octanol–water partition coefficient (Wildman–Crippen LogP) is 2.38. The van der Waals surface area contributed by atoms with Gasteiger partial charge in [-0.15, -0.1) is 0 Å². The third kappa shape index (κ3) is 3.07. The minimum atomic E-state index is -0.158. The second-order valence-corrected chi connectivity index (χ2v) is 5.49. The molecule has 0 spiro atoms. The largest absolute Gasteiger partial charge is 0.366 e. The van der Waals surface area contributed by atoms with Crippen LogP contribution in [0.4, 0.5) is 10.1 Å². The number of nitrogens with two attached hydrogens (primary N) is 1. The van der Waals surface area contributed by atoms with E-state index in [4.69, 9.17) is 5.73 Å². The van der Waals surface area contributed by atoms with Gasteiger partial charge in [0, 0.05) is 31.7 Å². The summed E-state index contributed by atoms with van der Waals surface area (Å²) in [5.74, 6) is -0.158. The molecule has 19 heavy (non-hydrogen) atoms. The number of halogens is 1. The lowest BCUT2D eigenvalue weighted by atomic mass is 10.1. The molecule has 1 aliphatic heterocycles. The van der Waals surface area contributed by atoms with E-state index in [-0.39, 0.29) is 11.9 Å². The summed E-state index contributed by atoms with van der Waals surface area (Å²) in [5.41, 5.74) is 7.34. The molecule has 0 aromatic heterocycles. The molecule has 1 fully saturated rings. The highest BCUT2D eigenvalue weighted by Gasteiger charge is 2.24. The summed E-state index contributed by atoms with van der Waals surface area (Å²) in [6, 6.07) is 5.74. The molecule has 1 aliphatic rings. The van der Waals surface area contributed by atoms with Crippen LogP contribution in [0, 0.1) is 5.82 Å². The van der Waals surface area contributed by atoms with Gasteiger partial charge < -0.3 is 10.6 Å². The summed E-state index contributed by atoms with van der Waals surface area (Å²) in [6.45, 7) is 6.80. The summed E-state index contributed by atoms with van der Waals surface area (Å²) in [5, 5.41) is 0. The number of rotatable bonds is 3. The third-order valence-electron chi connectivity index (χ3n) is 4.09. The highest BCUT2D eigenvalue weighted by Crippen LogP contribution is 2.25. The lowest BCUT2D eigenvalue weighted by Gasteiger charge is -2.40. The minimum Gasteiger partial charge on any atom is -0.366 e. The lowest BCUT2D eigenvalue weighted by Crippen LogP contribution is -2.51. The standard InChI is InChI=1S/C15H24FN3/c1-4-13-10-19(8-7-18(13)3)15-6-5-12(11(2)17)9-14(15)16/h5-6,9,11,13H,4,7-8,10,17H2,1-3H3. The first kappa shape index (κ1) is 14.3. The molecular formula is C15H24FN3. The molecule has 1 saturated heterocycles. The molecule has 4 heteroatoms. The average Bonchev–Trinajstić information content (AvgIpc) is 2.39. The second-order valence-electron chi connectivity index (χ2n) is 5.49. The smallest absolute Gasteiger partial charge is 0.146 e. The van der Waals surface area contributed by atoms with Gasteiger partial charge in [0.25, 0.3) is 0 Å². The molecule has 0 bridgehead atoms. The number of nitrogens with zero attached hydrogens (tertiary/aromatic N) is 2. The fourth-order valence-electron chi connectivity index (χ4n) is 2.67. The Morgan fingerprint density at radius 3 is 2.74 bits per heavy atom. The summed E-state index contributed by atoms with van der Waals surface area (Å²) in [7, 11) is 2.14. The topological polar surface area (TPSA) is 32.5 Å². The zero-order valence-electron chi connectivity index (χ0n) is 12.1. The number of benzene rings is 1. The van der Waals surface area contributed by atoms with Gasteiger partial charge in [-0.1, -0.05) is 13.0 Å². The molecule has 1 aromatic rings. The molecule has 2 unspecified atom stereocenters. The Hall–Kier alpha value is -1.13. The molecule has 106 valence electrons. The van der Waals surface area contributed by atoms with Crippen LogP contribution in [0.15, 0.2) is 18.2 Å². The Kier molecular flexibility index (Phi) is 4.42. The summed E-state index contributed by atoms with van der Waals surface area (Å²) >= 11 is 0. The number of likely N-dealkylation sites (N-methyl/N-ethyl adjacent to an activating group) is 1. The maximum atomic E-state index is 14.2. The van der Waals surface area contributed by atoms with E-state index in [1.54, 1.807) is 6.07 Å². The molecule has 0 amide bonds. The van der Waals surface area contributed by atoms with Crippen molar-refractivity contribution in [3.8, 4) is 0 Å². The normalized spacial score (nSPS) is 22.6. The Labute approximate surface area is 115 Å². The van der Waals surface area contributed by atoms with E-state index in [9.17, 15) is 4.39 Å². The second kappa shape index (κ2) is 5.88. The first-order valence-corrected chi connectivity index (χ1v) is 7.03. The van der Waals surface area contributed by atoms with Crippen LogP contribution in [-0.2, 0) is 0 Å². The van der Waals surface area contributed by atoms with Crippen molar-refractivity contribution in [2.75, 3.05) is 31.6 Å². The fraction of sp³-hybridized carbons (Fsp3) is 0.600. The van der Waals surface area contributed by atoms with E-state index >= 15 is 0 Å². The number of hydrogen-bond acceptors (Lipinski definition) is 3. The van der Waals surface area contributed by atoms with E-state index in [2.05, 4.69) is 23.8 Å². The van der Waals surface area contributed by atoms with Crippen LogP contribution < -0.4 is 10.6 Å². The number of piperazine rings is 1. The van der Waals surface area contributed by atoms with Crippen LogP contribution in [0.1, 0.15) is 31.9 Å². The summed E-state index contributed by atoms with van der Waals surface area (Å²) < 4.78 is 14.2. The van der Waals surface area contributed by atoms with Gasteiger partial charge in [-0.2, -0.15) is 0 Å². The van der Waals surface area contributed by atoms with E-state index < -0.39 is 0 Å². The molecule has 0 radical (unpaired) electrons. The molecule has 0 saturated carbocycles. The quantitative estimate of drug-likeness (QED) is 0.910. The molecule has 1 aromatic carbocycles. The zero-order valence-corrected chi connectivity index (χ0v) is 12.1. The van der Waals surface area contributed by atoms with Crippen molar-refractivity contribution < 1.29 is 4.39 Å². The van der Waals surface area contributed by atoms with Gasteiger partial charge in [0.1, 0.15) is 5.82 Å². The average molecular weight is 265 g/mol. The van der Waals surface area contributed by atoms with E-state index in [0.29, 0.717) is 11.7 Å². The zero-order chi connectivity index (χ0) is 14.0. The van der Waals surface area contributed by atoms with Crippen molar-refractivity contribution in [2.24, 2.45) is 5.73 Å².